The fraction of sp³-hybridized carbons (Fsp3) is 0.480. The molecule has 1 aromatic carbocycles. The molecule has 0 unspecified atom stereocenters. The van der Waals surface area contributed by atoms with E-state index in [4.69, 9.17) is 9.47 Å². The van der Waals surface area contributed by atoms with E-state index in [1.165, 1.54) is 0 Å². The van der Waals surface area contributed by atoms with E-state index in [2.05, 4.69) is 4.98 Å². The van der Waals surface area contributed by atoms with E-state index in [1.807, 2.05) is 41.3 Å². The average Bonchev–Trinajstić information content (AvgIpc) is 3.25. The second kappa shape index (κ2) is 8.45. The first-order valence-electron chi connectivity index (χ1n) is 11.4. The lowest BCUT2D eigenvalue weighted by Crippen LogP contribution is -2.50. The Hall–Kier alpha value is -3.09. The first-order valence-corrected chi connectivity index (χ1v) is 11.4. The maximum absolute atomic E-state index is 13.9. The van der Waals surface area contributed by atoms with Crippen LogP contribution >= 0.6 is 0 Å². The molecule has 3 heterocycles. The Labute approximate surface area is 188 Å². The van der Waals surface area contributed by atoms with E-state index < -0.39 is 11.5 Å². The Morgan fingerprint density at radius 3 is 2.44 bits per heavy atom. The van der Waals surface area contributed by atoms with Crippen LogP contribution in [-0.2, 0) is 15.0 Å². The molecule has 2 atom stereocenters. The van der Waals surface area contributed by atoms with Gasteiger partial charge in [0.05, 0.1) is 25.3 Å². The number of hydrogen-bond donors (Lipinski definition) is 0. The largest absolute Gasteiger partial charge is 0.497 e. The highest BCUT2D eigenvalue weighted by Crippen LogP contribution is 2.51. The van der Waals surface area contributed by atoms with E-state index in [0.717, 1.165) is 50.1 Å². The molecule has 2 saturated heterocycles. The lowest BCUT2D eigenvalue weighted by Gasteiger charge is -2.30. The van der Waals surface area contributed by atoms with Crippen LogP contribution in [0.1, 0.15) is 37.7 Å². The standard InChI is InChI=1S/C25H29N3O4/c1-31-19-8-6-18(7-9-19)25(10-11-25)24(30)28-17-21(32-20-5-4-12-26-16-20)15-22(28)23(29)27-13-2-3-14-27/h4-9,12,16,21-22H,2-3,10-11,13-15,17H2,1H3/t21-,22-/m0/s1. The molecule has 0 N–H and O–H groups in total. The third kappa shape index (κ3) is 3.80. The zero-order valence-corrected chi connectivity index (χ0v) is 18.4. The van der Waals surface area contributed by atoms with E-state index in [-0.39, 0.29) is 17.9 Å². The van der Waals surface area contributed by atoms with Gasteiger partial charge in [-0.3, -0.25) is 14.6 Å². The molecule has 7 heteroatoms. The molecule has 2 amide bonds. The van der Waals surface area contributed by atoms with Gasteiger partial charge in [-0.15, -0.1) is 0 Å². The molecule has 1 aromatic heterocycles. The molecule has 2 aliphatic heterocycles. The first-order chi connectivity index (χ1) is 15.6. The van der Waals surface area contributed by atoms with Crippen molar-refractivity contribution in [1.29, 1.82) is 0 Å². The molecular formula is C25H29N3O4. The van der Waals surface area contributed by atoms with Crippen molar-refractivity contribution in [3.8, 4) is 11.5 Å². The predicted octanol–water partition coefficient (Wildman–Crippen LogP) is 2.79. The molecule has 5 rings (SSSR count). The highest BCUT2D eigenvalue weighted by molar-refractivity contribution is 5.96. The summed E-state index contributed by atoms with van der Waals surface area (Å²) in [6.45, 7) is 1.96. The number of nitrogens with zero attached hydrogens (tertiary/aromatic N) is 3. The molecule has 0 spiro atoms. The lowest BCUT2D eigenvalue weighted by molar-refractivity contribution is -0.144. The van der Waals surface area contributed by atoms with Gasteiger partial charge in [0, 0.05) is 25.7 Å². The fourth-order valence-corrected chi connectivity index (χ4v) is 5.03. The van der Waals surface area contributed by atoms with Crippen LogP contribution in [0.15, 0.2) is 48.8 Å². The summed E-state index contributed by atoms with van der Waals surface area (Å²) in [4.78, 5) is 35.1. The van der Waals surface area contributed by atoms with Crippen LogP contribution in [0.2, 0.25) is 0 Å². The van der Waals surface area contributed by atoms with E-state index in [0.29, 0.717) is 18.7 Å². The van der Waals surface area contributed by atoms with Crippen LogP contribution in [0.25, 0.3) is 0 Å². The van der Waals surface area contributed by atoms with Gasteiger partial charge in [-0.1, -0.05) is 12.1 Å². The molecule has 3 fully saturated rings. The zero-order valence-electron chi connectivity index (χ0n) is 18.4. The molecule has 0 bridgehead atoms. The second-order valence-electron chi connectivity index (χ2n) is 8.98. The number of methoxy groups -OCH3 is 1. The Bertz CT molecular complexity index is 968. The van der Waals surface area contributed by atoms with Crippen molar-refractivity contribution in [2.75, 3.05) is 26.7 Å². The van der Waals surface area contributed by atoms with Gasteiger partial charge in [0.15, 0.2) is 0 Å². The molecule has 7 nitrogen and oxygen atoms in total. The lowest BCUT2D eigenvalue weighted by atomic mass is 9.93. The third-order valence-corrected chi connectivity index (χ3v) is 6.97. The summed E-state index contributed by atoms with van der Waals surface area (Å²) in [6.07, 6.45) is 7.29. The topological polar surface area (TPSA) is 72.0 Å². The van der Waals surface area contributed by atoms with Crippen molar-refractivity contribution < 1.29 is 19.1 Å². The summed E-state index contributed by atoms with van der Waals surface area (Å²) in [5.74, 6) is 1.52. The van der Waals surface area contributed by atoms with Gasteiger partial charge in [0.1, 0.15) is 23.6 Å². The Kier molecular flexibility index (Phi) is 5.49. The number of carbonyl (C=O) groups excluding carboxylic acids is 2. The minimum atomic E-state index is -0.543. The minimum absolute atomic E-state index is 0.0394. The molecule has 3 aliphatic rings. The van der Waals surface area contributed by atoms with Gasteiger partial charge in [-0.2, -0.15) is 0 Å². The maximum atomic E-state index is 13.9. The zero-order chi connectivity index (χ0) is 22.1. The van der Waals surface area contributed by atoms with Crippen LogP contribution in [-0.4, -0.2) is 65.5 Å². The molecule has 1 saturated carbocycles. The minimum Gasteiger partial charge on any atom is -0.497 e. The number of hydrogen-bond acceptors (Lipinski definition) is 5. The van der Waals surface area contributed by atoms with Gasteiger partial charge in [0.25, 0.3) is 0 Å². The van der Waals surface area contributed by atoms with Crippen molar-refractivity contribution in [1.82, 2.24) is 14.8 Å². The van der Waals surface area contributed by atoms with Crippen LogP contribution in [0.4, 0.5) is 0 Å². The number of aromatic nitrogens is 1. The molecule has 2 aromatic rings. The summed E-state index contributed by atoms with van der Waals surface area (Å²) in [6, 6.07) is 10.9. The number of ether oxygens (including phenoxy) is 2. The Morgan fingerprint density at radius 2 is 1.81 bits per heavy atom. The van der Waals surface area contributed by atoms with Crippen molar-refractivity contribution in [2.45, 2.75) is 49.7 Å². The van der Waals surface area contributed by atoms with E-state index in [9.17, 15) is 9.59 Å². The van der Waals surface area contributed by atoms with Gasteiger partial charge in [-0.25, -0.2) is 0 Å². The summed E-state index contributed by atoms with van der Waals surface area (Å²) < 4.78 is 11.4. The monoisotopic (exact) mass is 435 g/mol. The second-order valence-corrected chi connectivity index (χ2v) is 8.98. The van der Waals surface area contributed by atoms with Gasteiger partial charge in [-0.05, 0) is 55.5 Å². The smallest absolute Gasteiger partial charge is 0.245 e. The number of benzene rings is 1. The fourth-order valence-electron chi connectivity index (χ4n) is 5.03. The predicted molar refractivity (Wildman–Crippen MR) is 118 cm³/mol. The number of pyridine rings is 1. The normalized spacial score (nSPS) is 23.8. The van der Waals surface area contributed by atoms with Gasteiger partial charge in [0.2, 0.25) is 11.8 Å². The van der Waals surface area contributed by atoms with Crippen molar-refractivity contribution in [3.63, 3.8) is 0 Å². The summed E-state index contributed by atoms with van der Waals surface area (Å²) >= 11 is 0. The maximum Gasteiger partial charge on any atom is 0.245 e. The molecular weight excluding hydrogens is 406 g/mol. The van der Waals surface area contributed by atoms with Crippen LogP contribution < -0.4 is 9.47 Å². The third-order valence-electron chi connectivity index (χ3n) is 6.97. The quantitative estimate of drug-likeness (QED) is 0.698. The Balaban J connectivity index is 1.39. The van der Waals surface area contributed by atoms with E-state index in [1.54, 1.807) is 24.4 Å². The molecule has 0 radical (unpaired) electrons. The van der Waals surface area contributed by atoms with Crippen molar-refractivity contribution in [2.24, 2.45) is 0 Å². The average molecular weight is 436 g/mol. The summed E-state index contributed by atoms with van der Waals surface area (Å²) in [5.41, 5.74) is 0.450. The van der Waals surface area contributed by atoms with Gasteiger partial charge < -0.3 is 19.3 Å². The number of likely N-dealkylation sites (tertiary alicyclic amines) is 2. The Morgan fingerprint density at radius 1 is 1.06 bits per heavy atom. The molecule has 1 aliphatic carbocycles. The van der Waals surface area contributed by atoms with Crippen molar-refractivity contribution >= 4 is 11.8 Å². The summed E-state index contributed by atoms with van der Waals surface area (Å²) in [5, 5.41) is 0. The molecule has 32 heavy (non-hydrogen) atoms. The van der Waals surface area contributed by atoms with E-state index >= 15 is 0 Å². The van der Waals surface area contributed by atoms with Crippen LogP contribution in [0, 0.1) is 0 Å². The highest BCUT2D eigenvalue weighted by atomic mass is 16.5. The highest BCUT2D eigenvalue weighted by Gasteiger charge is 2.56. The van der Waals surface area contributed by atoms with Gasteiger partial charge >= 0.3 is 0 Å². The number of amides is 2. The van der Waals surface area contributed by atoms with Crippen LogP contribution in [0.3, 0.4) is 0 Å². The SMILES string of the molecule is COc1ccc(C2(C(=O)N3C[C@@H](Oc4cccnc4)C[C@H]3C(=O)N3CCCC3)CC2)cc1. The molecule has 168 valence electrons. The first kappa shape index (κ1) is 20.8. The summed E-state index contributed by atoms with van der Waals surface area (Å²) in [7, 11) is 1.63. The number of rotatable bonds is 6. The van der Waals surface area contributed by atoms with Crippen molar-refractivity contribution in [3.05, 3.63) is 54.4 Å². The number of carbonyl (C=O) groups is 2. The van der Waals surface area contributed by atoms with Crippen LogP contribution in [0.5, 0.6) is 11.5 Å².